The molecule has 0 aliphatic carbocycles. The molecule has 6 nitrogen and oxygen atoms in total. The fraction of sp³-hybridized carbons (Fsp3) is 0.227. The van der Waals surface area contributed by atoms with Crippen molar-refractivity contribution < 1.29 is 13.9 Å². The Morgan fingerprint density at radius 2 is 1.86 bits per heavy atom. The molecule has 28 heavy (non-hydrogen) atoms. The Morgan fingerprint density at radius 3 is 2.68 bits per heavy atom. The van der Waals surface area contributed by atoms with Crippen LogP contribution in [0, 0.1) is 6.92 Å². The first-order valence-corrected chi connectivity index (χ1v) is 9.33. The maximum atomic E-state index is 12.5. The third kappa shape index (κ3) is 4.24. The Balaban J connectivity index is 1.30. The van der Waals surface area contributed by atoms with E-state index in [2.05, 4.69) is 28.3 Å². The molecule has 3 aromatic rings. The number of carbonyl (C=O) groups excluding carboxylic acids is 1. The van der Waals surface area contributed by atoms with Gasteiger partial charge in [0, 0.05) is 12.5 Å². The summed E-state index contributed by atoms with van der Waals surface area (Å²) in [6.45, 7) is 2.26. The van der Waals surface area contributed by atoms with Crippen molar-refractivity contribution in [1.82, 2.24) is 16.2 Å². The van der Waals surface area contributed by atoms with E-state index in [1.165, 1.54) is 5.56 Å². The first-order valence-electron chi connectivity index (χ1n) is 9.33. The van der Waals surface area contributed by atoms with E-state index in [1.54, 1.807) is 12.1 Å². The third-order valence-electron chi connectivity index (χ3n) is 4.76. The number of hydrogen-bond donors (Lipinski definition) is 3. The van der Waals surface area contributed by atoms with Gasteiger partial charge in [0.1, 0.15) is 18.1 Å². The van der Waals surface area contributed by atoms with Gasteiger partial charge in [-0.3, -0.25) is 4.79 Å². The van der Waals surface area contributed by atoms with Gasteiger partial charge in [-0.1, -0.05) is 48.5 Å². The van der Waals surface area contributed by atoms with E-state index in [9.17, 15) is 4.79 Å². The van der Waals surface area contributed by atoms with Crippen LogP contribution in [-0.2, 0) is 6.61 Å². The summed E-state index contributed by atoms with van der Waals surface area (Å²) >= 11 is 0. The number of hydrazine groups is 1. The molecule has 2 unspecified atom stereocenters. The molecule has 0 spiro atoms. The number of nitrogens with one attached hydrogen (secondary N) is 3. The second-order valence-corrected chi connectivity index (χ2v) is 6.83. The summed E-state index contributed by atoms with van der Waals surface area (Å²) in [6.07, 6.45) is 0.578. The number of amides is 1. The molecule has 3 N–H and O–H groups in total. The quantitative estimate of drug-likeness (QED) is 0.613. The number of carbonyl (C=O) groups is 1. The number of rotatable bonds is 6. The van der Waals surface area contributed by atoms with Crippen molar-refractivity contribution in [3.05, 3.63) is 89.4 Å². The number of hydrogen-bond acceptors (Lipinski definition) is 5. The average molecular weight is 377 g/mol. The van der Waals surface area contributed by atoms with Crippen LogP contribution in [-0.4, -0.2) is 12.1 Å². The van der Waals surface area contributed by atoms with Gasteiger partial charge in [-0.2, -0.15) is 0 Å². The first kappa shape index (κ1) is 18.3. The van der Waals surface area contributed by atoms with Crippen LogP contribution in [0.5, 0.6) is 5.75 Å². The lowest BCUT2D eigenvalue weighted by molar-refractivity contribution is 0.0900. The van der Waals surface area contributed by atoms with E-state index in [0.717, 1.165) is 17.7 Å². The topological polar surface area (TPSA) is 75.5 Å². The van der Waals surface area contributed by atoms with Crippen LogP contribution in [0.2, 0.25) is 0 Å². The molecule has 1 fully saturated rings. The Kier molecular flexibility index (Phi) is 5.41. The molecule has 0 saturated carbocycles. The van der Waals surface area contributed by atoms with Gasteiger partial charge in [-0.05, 0) is 36.2 Å². The molecular weight excluding hydrogens is 354 g/mol. The van der Waals surface area contributed by atoms with Crippen LogP contribution in [0.3, 0.4) is 0 Å². The molecule has 4 rings (SSSR count). The minimum absolute atomic E-state index is 0.154. The Bertz CT molecular complexity index is 939. The van der Waals surface area contributed by atoms with E-state index < -0.39 is 0 Å². The summed E-state index contributed by atoms with van der Waals surface area (Å²) in [5.74, 6) is 1.43. The van der Waals surface area contributed by atoms with Crippen molar-refractivity contribution >= 4 is 5.91 Å². The molecule has 1 aliphatic heterocycles. The van der Waals surface area contributed by atoms with Gasteiger partial charge in [0.05, 0.1) is 6.17 Å². The summed E-state index contributed by atoms with van der Waals surface area (Å²) in [7, 11) is 0. The lowest BCUT2D eigenvalue weighted by atomic mass is 10.0. The molecule has 1 amide bonds. The van der Waals surface area contributed by atoms with Gasteiger partial charge in [-0.15, -0.1) is 0 Å². The highest BCUT2D eigenvalue weighted by Gasteiger charge is 2.27. The second kappa shape index (κ2) is 8.29. The molecule has 2 heterocycles. The molecule has 1 aliphatic rings. The van der Waals surface area contributed by atoms with Gasteiger partial charge in [0.15, 0.2) is 5.76 Å². The Hall–Kier alpha value is -3.09. The molecule has 6 heteroatoms. The molecule has 2 atom stereocenters. The smallest absolute Gasteiger partial charge is 0.288 e. The van der Waals surface area contributed by atoms with E-state index in [0.29, 0.717) is 5.76 Å². The summed E-state index contributed by atoms with van der Waals surface area (Å²) in [6, 6.07) is 21.5. The minimum atomic E-state index is -0.254. The number of furan rings is 1. The fourth-order valence-corrected chi connectivity index (χ4v) is 3.23. The molecule has 144 valence electrons. The van der Waals surface area contributed by atoms with Crippen molar-refractivity contribution in [2.75, 3.05) is 0 Å². The lowest BCUT2D eigenvalue weighted by Gasteiger charge is -2.11. The molecule has 1 saturated heterocycles. The minimum Gasteiger partial charge on any atom is -0.485 e. The van der Waals surface area contributed by atoms with Gasteiger partial charge in [0.25, 0.3) is 5.91 Å². The lowest BCUT2D eigenvalue weighted by Crippen LogP contribution is -2.44. The van der Waals surface area contributed by atoms with Crippen LogP contribution >= 0.6 is 0 Å². The number of benzene rings is 2. The number of aryl methyl sites for hydroxylation is 1. The van der Waals surface area contributed by atoms with Gasteiger partial charge in [-0.25, -0.2) is 10.9 Å². The largest absolute Gasteiger partial charge is 0.485 e. The van der Waals surface area contributed by atoms with E-state index >= 15 is 0 Å². The van der Waals surface area contributed by atoms with Crippen LogP contribution in [0.1, 0.15) is 39.9 Å². The predicted molar refractivity (Wildman–Crippen MR) is 106 cm³/mol. The zero-order valence-electron chi connectivity index (χ0n) is 15.6. The zero-order chi connectivity index (χ0) is 19.3. The van der Waals surface area contributed by atoms with Gasteiger partial charge in [0.2, 0.25) is 0 Å². The molecule has 2 aromatic carbocycles. The predicted octanol–water partition coefficient (Wildman–Crippen LogP) is 3.46. The number of para-hydroxylation sites is 1. The fourth-order valence-electron chi connectivity index (χ4n) is 3.23. The highest BCUT2D eigenvalue weighted by atomic mass is 16.5. The maximum Gasteiger partial charge on any atom is 0.288 e. The summed E-state index contributed by atoms with van der Waals surface area (Å²) in [4.78, 5) is 12.5. The van der Waals surface area contributed by atoms with Crippen molar-refractivity contribution in [1.29, 1.82) is 0 Å². The standard InChI is InChI=1S/C22H23N3O3/c1-15-7-5-6-10-19(15)27-14-17-11-12-20(28-17)22(26)23-21-13-18(24-25-21)16-8-3-2-4-9-16/h2-12,18,21,24-25H,13-14H2,1H3,(H,23,26). The molecule has 0 radical (unpaired) electrons. The van der Waals surface area contributed by atoms with Crippen molar-refractivity contribution in [2.24, 2.45) is 0 Å². The normalized spacial score (nSPS) is 18.8. The summed E-state index contributed by atoms with van der Waals surface area (Å²) < 4.78 is 11.4. The van der Waals surface area contributed by atoms with Crippen molar-refractivity contribution in [3.63, 3.8) is 0 Å². The van der Waals surface area contributed by atoms with Crippen LogP contribution in [0.4, 0.5) is 0 Å². The van der Waals surface area contributed by atoms with Crippen molar-refractivity contribution in [3.8, 4) is 5.75 Å². The van der Waals surface area contributed by atoms with Crippen LogP contribution < -0.4 is 20.9 Å². The van der Waals surface area contributed by atoms with E-state index in [4.69, 9.17) is 9.15 Å². The van der Waals surface area contributed by atoms with Crippen LogP contribution in [0.25, 0.3) is 0 Å². The molecular formula is C22H23N3O3. The van der Waals surface area contributed by atoms with Crippen molar-refractivity contribution in [2.45, 2.75) is 32.2 Å². The summed E-state index contributed by atoms with van der Waals surface area (Å²) in [5.41, 5.74) is 8.57. The molecule has 1 aromatic heterocycles. The first-order chi connectivity index (χ1) is 13.7. The van der Waals surface area contributed by atoms with Crippen LogP contribution in [0.15, 0.2) is 71.1 Å². The third-order valence-corrected chi connectivity index (χ3v) is 4.76. The average Bonchev–Trinajstić information content (AvgIpc) is 3.38. The highest BCUT2D eigenvalue weighted by Crippen LogP contribution is 2.21. The zero-order valence-corrected chi connectivity index (χ0v) is 15.6. The Morgan fingerprint density at radius 1 is 1.07 bits per heavy atom. The monoisotopic (exact) mass is 377 g/mol. The SMILES string of the molecule is Cc1ccccc1OCc1ccc(C(=O)NC2CC(c3ccccc3)NN2)o1. The maximum absolute atomic E-state index is 12.5. The number of ether oxygens (including phenoxy) is 1. The van der Waals surface area contributed by atoms with E-state index in [-0.39, 0.29) is 30.5 Å². The van der Waals surface area contributed by atoms with E-state index in [1.807, 2.05) is 49.4 Å². The molecule has 0 bridgehead atoms. The second-order valence-electron chi connectivity index (χ2n) is 6.83. The summed E-state index contributed by atoms with van der Waals surface area (Å²) in [5, 5.41) is 2.94. The Labute approximate surface area is 163 Å². The highest BCUT2D eigenvalue weighted by molar-refractivity contribution is 5.91. The van der Waals surface area contributed by atoms with Gasteiger partial charge < -0.3 is 14.5 Å². The van der Waals surface area contributed by atoms with Gasteiger partial charge >= 0.3 is 0 Å².